The molecule has 0 saturated carbocycles. The Balaban J connectivity index is 0.794. The third-order valence-corrected chi connectivity index (χ3v) is 17.6. The molecule has 4 aliphatic heterocycles. The lowest BCUT2D eigenvalue weighted by Crippen LogP contribution is -2.62. The van der Waals surface area contributed by atoms with E-state index in [4.69, 9.17) is 26.8 Å². The van der Waals surface area contributed by atoms with Crippen molar-refractivity contribution in [2.45, 2.75) is 83.5 Å². The first kappa shape index (κ1) is 54.1. The van der Waals surface area contributed by atoms with Gasteiger partial charge in [0.2, 0.25) is 29.5 Å². The van der Waals surface area contributed by atoms with Crippen LogP contribution in [-0.2, 0) is 42.4 Å². The summed E-state index contributed by atoms with van der Waals surface area (Å²) in [6.45, 7) is 6.86. The minimum absolute atomic E-state index is 0.0337. The van der Waals surface area contributed by atoms with Crippen molar-refractivity contribution in [1.29, 1.82) is 0 Å². The van der Waals surface area contributed by atoms with Crippen molar-refractivity contribution in [2.75, 3.05) is 59.4 Å². The molecule has 1 unspecified atom stereocenters. The molecule has 3 aromatic carbocycles. The fourth-order valence-corrected chi connectivity index (χ4v) is 13.1. The first-order chi connectivity index (χ1) is 38.4. The summed E-state index contributed by atoms with van der Waals surface area (Å²) < 4.78 is 21.3. The molecule has 3 fully saturated rings. The zero-order valence-electron chi connectivity index (χ0n) is 44.9. The number of carbonyl (C=O) groups is 6. The van der Waals surface area contributed by atoms with Crippen LogP contribution in [0.3, 0.4) is 0 Å². The van der Waals surface area contributed by atoms with Gasteiger partial charge < -0.3 is 30.4 Å². The van der Waals surface area contributed by atoms with Crippen molar-refractivity contribution in [3.8, 4) is 16.1 Å². The number of fused-ring (bicyclic) bond motifs is 5. The smallest absolute Gasteiger partial charge is 0.322 e. The van der Waals surface area contributed by atoms with E-state index < -0.39 is 54.8 Å². The highest BCUT2D eigenvalue weighted by Gasteiger charge is 2.43. The van der Waals surface area contributed by atoms with Gasteiger partial charge in [-0.3, -0.25) is 52.6 Å². The van der Waals surface area contributed by atoms with Crippen LogP contribution >= 0.6 is 22.9 Å². The third kappa shape index (κ3) is 10.2. The van der Waals surface area contributed by atoms with Gasteiger partial charge in [-0.2, -0.15) is 10.2 Å². The van der Waals surface area contributed by atoms with Crippen molar-refractivity contribution < 1.29 is 38.3 Å². The van der Waals surface area contributed by atoms with Gasteiger partial charge in [0.05, 0.1) is 41.6 Å². The van der Waals surface area contributed by atoms with Gasteiger partial charge >= 0.3 is 5.97 Å². The monoisotopic (exact) mass is 1130 g/mol. The molecular formula is C56H60ClFN14O7S. The average Bonchev–Trinajstić information content (AvgIpc) is 4.05. The second-order valence-electron chi connectivity index (χ2n) is 21.1. The van der Waals surface area contributed by atoms with Crippen LogP contribution < -0.4 is 10.6 Å². The maximum atomic E-state index is 16.1. The molecular weight excluding hydrogens is 1070 g/mol. The van der Waals surface area contributed by atoms with Gasteiger partial charge in [0, 0.05) is 89.6 Å². The summed E-state index contributed by atoms with van der Waals surface area (Å²) in [5.74, 6) is -2.40. The molecule has 11 rings (SSSR count). The van der Waals surface area contributed by atoms with Gasteiger partial charge in [-0.15, -0.1) is 21.5 Å². The number of aryl methyl sites for hydroxylation is 3. The number of aliphatic imine (C=N–C) groups is 1. The van der Waals surface area contributed by atoms with Gasteiger partial charge in [-0.25, -0.2) is 4.39 Å². The Morgan fingerprint density at radius 3 is 2.34 bits per heavy atom. The molecule has 4 aliphatic rings. The van der Waals surface area contributed by atoms with Gasteiger partial charge in [-0.1, -0.05) is 35.9 Å². The molecule has 8 heterocycles. The SMILES string of the molecule is Cc1sc2c(c1C)C(c1ccc(Cl)cc1)=N[C@@H](CC(=O)N1CCC[C@H]1C(=O)N1CCN(C)C(C(=O)N3CCC(c4nn(CC(=O)NCC(=O)NCC(=O)O)c5cccc(-c6cc7c(cnn7C)cc6F)c45)CC3)C1)c1nnc(C)n1-2. The van der Waals surface area contributed by atoms with E-state index in [1.165, 1.54) is 10.7 Å². The maximum Gasteiger partial charge on any atom is 0.322 e. The highest BCUT2D eigenvalue weighted by atomic mass is 35.5. The van der Waals surface area contributed by atoms with Crippen molar-refractivity contribution in [3.05, 3.63) is 111 Å². The topological polar surface area (TPSA) is 238 Å². The number of piperazine rings is 1. The molecule has 4 aromatic heterocycles. The molecule has 3 atom stereocenters. The Morgan fingerprint density at radius 1 is 0.825 bits per heavy atom. The molecule has 416 valence electrons. The highest BCUT2D eigenvalue weighted by molar-refractivity contribution is 7.15. The van der Waals surface area contributed by atoms with Crippen LogP contribution in [-0.4, -0.2) is 172 Å². The predicted octanol–water partition coefficient (Wildman–Crippen LogP) is 5.09. The molecule has 0 aliphatic carbocycles. The number of carboxylic acids is 1. The number of nitrogens with zero attached hydrogens (tertiary/aromatic N) is 12. The number of amides is 5. The van der Waals surface area contributed by atoms with Crippen LogP contribution in [0.4, 0.5) is 4.39 Å². The number of likely N-dealkylation sites (tertiary alicyclic amines) is 2. The van der Waals surface area contributed by atoms with E-state index in [1.807, 2.05) is 58.7 Å². The number of aliphatic carboxylic acids is 1. The Bertz CT molecular complexity index is 3670. The number of thiophene rings is 1. The van der Waals surface area contributed by atoms with Crippen molar-refractivity contribution >= 4 is 86.0 Å². The van der Waals surface area contributed by atoms with Crippen molar-refractivity contribution in [3.63, 3.8) is 0 Å². The second-order valence-corrected chi connectivity index (χ2v) is 22.7. The molecule has 7 aromatic rings. The van der Waals surface area contributed by atoms with Crippen LogP contribution in [0.1, 0.15) is 83.0 Å². The van der Waals surface area contributed by atoms with E-state index in [1.54, 1.807) is 57.3 Å². The van der Waals surface area contributed by atoms with Gasteiger partial charge in [0.1, 0.15) is 47.9 Å². The zero-order valence-corrected chi connectivity index (χ0v) is 46.5. The predicted molar refractivity (Wildman–Crippen MR) is 297 cm³/mol. The fourth-order valence-electron chi connectivity index (χ4n) is 11.7. The summed E-state index contributed by atoms with van der Waals surface area (Å²) in [6.07, 6.45) is 3.70. The lowest BCUT2D eigenvalue weighted by Gasteiger charge is -2.43. The summed E-state index contributed by atoms with van der Waals surface area (Å²) in [4.78, 5) is 94.2. The largest absolute Gasteiger partial charge is 0.480 e. The number of piperidine rings is 1. The number of nitrogens with one attached hydrogen (secondary N) is 2. The summed E-state index contributed by atoms with van der Waals surface area (Å²) in [5.41, 5.74) is 6.43. The normalized spacial score (nSPS) is 18.8. The number of aromatic nitrogens is 7. The number of halogens is 2. The minimum Gasteiger partial charge on any atom is -0.480 e. The molecule has 21 nitrogen and oxygen atoms in total. The molecule has 24 heteroatoms. The maximum absolute atomic E-state index is 16.1. The number of carboxylic acid groups (broad SMARTS) is 1. The van der Waals surface area contributed by atoms with Gasteiger partial charge in [0.15, 0.2) is 5.82 Å². The quantitative estimate of drug-likeness (QED) is 0.137. The molecule has 3 saturated heterocycles. The van der Waals surface area contributed by atoms with E-state index in [2.05, 4.69) is 39.8 Å². The lowest BCUT2D eigenvalue weighted by atomic mass is 9.88. The lowest BCUT2D eigenvalue weighted by molar-refractivity contribution is -0.149. The van der Waals surface area contributed by atoms with Crippen LogP contribution in [0.5, 0.6) is 0 Å². The van der Waals surface area contributed by atoms with Crippen LogP contribution in [0, 0.1) is 26.6 Å². The number of rotatable bonds is 13. The molecule has 5 amide bonds. The molecule has 0 radical (unpaired) electrons. The van der Waals surface area contributed by atoms with E-state index in [9.17, 15) is 28.8 Å². The minimum atomic E-state index is -1.22. The number of hydrogen-bond acceptors (Lipinski definition) is 13. The summed E-state index contributed by atoms with van der Waals surface area (Å²) >= 11 is 7.96. The Morgan fingerprint density at radius 2 is 1.57 bits per heavy atom. The Hall–Kier alpha value is -7.89. The summed E-state index contributed by atoms with van der Waals surface area (Å²) in [5, 5.41) is 34.8. The van der Waals surface area contributed by atoms with E-state index in [0.29, 0.717) is 108 Å². The Labute approximate surface area is 468 Å². The zero-order chi connectivity index (χ0) is 56.3. The van der Waals surface area contributed by atoms with E-state index in [-0.39, 0.29) is 43.1 Å². The molecule has 0 bridgehead atoms. The molecule has 3 N–H and O–H groups in total. The number of benzene rings is 3. The first-order valence-electron chi connectivity index (χ1n) is 26.7. The average molecular weight is 1130 g/mol. The van der Waals surface area contributed by atoms with Crippen LogP contribution in [0.15, 0.2) is 65.8 Å². The Kier molecular flexibility index (Phi) is 14.9. The fraction of sp³-hybridized carbons (Fsp3) is 0.411. The van der Waals surface area contributed by atoms with Crippen LogP contribution in [0.2, 0.25) is 5.02 Å². The second kappa shape index (κ2) is 22.0. The van der Waals surface area contributed by atoms with Gasteiger partial charge in [-0.05, 0) is 95.0 Å². The summed E-state index contributed by atoms with van der Waals surface area (Å²) in [7, 11) is 3.67. The standard InChI is InChI=1S/C56H60ClFN14O7S/c1-30-31(2)80-56-49(30)51(33-11-13-36(57)14-12-33)62-40(53-64-63-32(3)72(53)56)24-47(75)70-17-7-10-42(70)54(78)69-21-20-66(4)44(28-69)55(79)68-18-15-34(16-19-68)52-50-37(38-23-43-35(22-39(38)58)25-61-67(43)5)8-6-9-41(50)71(65-52)29-46(74)59-26-45(73)60-27-48(76)77/h6,8-9,11-14,22-23,25,34,40,42,44H,7,10,15-21,24,26-29H2,1-5H3,(H,59,74)(H,60,73)(H,76,77)/t40-,42-,44?/m0/s1. The summed E-state index contributed by atoms with van der Waals surface area (Å²) in [6, 6.07) is 14.0. The third-order valence-electron chi connectivity index (χ3n) is 16.1. The van der Waals surface area contributed by atoms with Crippen LogP contribution in [0.25, 0.3) is 37.9 Å². The molecule has 0 spiro atoms. The van der Waals surface area contributed by atoms with E-state index >= 15 is 4.39 Å². The first-order valence-corrected chi connectivity index (χ1v) is 27.9. The van der Waals surface area contributed by atoms with Crippen molar-refractivity contribution in [2.24, 2.45) is 12.0 Å². The van der Waals surface area contributed by atoms with E-state index in [0.717, 1.165) is 37.8 Å². The number of hydrogen-bond donors (Lipinski definition) is 3. The number of carbonyl (C=O) groups excluding carboxylic acids is 5. The van der Waals surface area contributed by atoms with Crippen molar-refractivity contribution in [1.82, 2.24) is 64.6 Å². The van der Waals surface area contributed by atoms with Gasteiger partial charge in [0.25, 0.3) is 0 Å². The molecule has 80 heavy (non-hydrogen) atoms. The number of likely N-dealkylation sites (N-methyl/N-ethyl adjacent to an activating group) is 1. The highest BCUT2D eigenvalue weighted by Crippen LogP contribution is 2.42.